The van der Waals surface area contributed by atoms with Crippen molar-refractivity contribution < 1.29 is 9.13 Å². The zero-order valence-corrected chi connectivity index (χ0v) is 14.5. The second-order valence-electron chi connectivity index (χ2n) is 4.86. The largest absolute Gasteiger partial charge is 0.486 e. The highest BCUT2D eigenvalue weighted by molar-refractivity contribution is 8.13. The number of ether oxygens (including phenoxy) is 1. The van der Waals surface area contributed by atoms with Gasteiger partial charge in [0.25, 0.3) is 0 Å². The van der Waals surface area contributed by atoms with Gasteiger partial charge in [0.15, 0.2) is 22.9 Å². The summed E-state index contributed by atoms with van der Waals surface area (Å²) < 4.78 is 21.5. The summed E-state index contributed by atoms with van der Waals surface area (Å²) in [7, 11) is 0. The Kier molecular flexibility index (Phi) is 6.21. The lowest BCUT2D eigenvalue weighted by molar-refractivity contribution is 0.289. The monoisotopic (exact) mass is 347 g/mol. The van der Waals surface area contributed by atoms with Crippen LogP contribution in [0.25, 0.3) is 0 Å². The molecule has 0 radical (unpaired) electrons. The van der Waals surface area contributed by atoms with E-state index in [2.05, 4.69) is 15.4 Å². The molecule has 0 saturated carbocycles. The van der Waals surface area contributed by atoms with Gasteiger partial charge in [-0.1, -0.05) is 11.8 Å². The maximum Gasteiger partial charge on any atom is 0.183 e. The van der Waals surface area contributed by atoms with E-state index >= 15 is 0 Å². The van der Waals surface area contributed by atoms with Gasteiger partial charge in [-0.2, -0.15) is 10.4 Å². The maximum atomic E-state index is 14.2. The standard InChI is InChI=1S/C16H18FN5OS/c1-4-22-8-12(11(2)21-22)9-23-15-6-5-13(7-14(15)17)20-16(24-3)19-10-18/h5-8H,4,9H2,1-3H3,(H,19,20). The molecule has 0 aliphatic heterocycles. The van der Waals surface area contributed by atoms with E-state index in [0.29, 0.717) is 10.9 Å². The topological polar surface area (TPSA) is 75.2 Å². The Balaban J connectivity index is 2.09. The van der Waals surface area contributed by atoms with Crippen LogP contribution < -0.4 is 10.1 Å². The van der Waals surface area contributed by atoms with Gasteiger partial charge in [0.1, 0.15) is 6.61 Å². The van der Waals surface area contributed by atoms with Crippen LogP contribution in [-0.4, -0.2) is 21.2 Å². The van der Waals surface area contributed by atoms with Crippen LogP contribution in [-0.2, 0) is 13.2 Å². The molecule has 0 aliphatic rings. The molecule has 1 aromatic carbocycles. The minimum absolute atomic E-state index is 0.150. The molecule has 0 bridgehead atoms. The van der Waals surface area contributed by atoms with Crippen LogP contribution in [0, 0.1) is 24.2 Å². The van der Waals surface area contributed by atoms with Crippen molar-refractivity contribution in [2.24, 2.45) is 4.99 Å². The Hall–Kier alpha value is -2.53. The highest BCUT2D eigenvalue weighted by atomic mass is 32.2. The van der Waals surface area contributed by atoms with E-state index in [9.17, 15) is 4.39 Å². The van der Waals surface area contributed by atoms with Crippen LogP contribution in [0.2, 0.25) is 0 Å². The summed E-state index contributed by atoms with van der Waals surface area (Å²) in [5.41, 5.74) is 2.19. The molecule has 0 aliphatic carbocycles. The SMILES string of the molecule is CCn1cc(COc2ccc(N=C(NC#N)SC)cc2F)c(C)n1. The molecule has 24 heavy (non-hydrogen) atoms. The molecule has 0 spiro atoms. The zero-order chi connectivity index (χ0) is 17.5. The summed E-state index contributed by atoms with van der Waals surface area (Å²) in [6.07, 6.45) is 5.45. The second-order valence-corrected chi connectivity index (χ2v) is 5.65. The van der Waals surface area contributed by atoms with Crippen molar-refractivity contribution >= 4 is 22.6 Å². The first-order chi connectivity index (χ1) is 11.6. The van der Waals surface area contributed by atoms with Crippen molar-refractivity contribution in [3.63, 3.8) is 0 Å². The average molecular weight is 347 g/mol. The molecule has 0 fully saturated rings. The lowest BCUT2D eigenvalue weighted by atomic mass is 10.2. The number of halogens is 1. The van der Waals surface area contributed by atoms with Gasteiger partial charge >= 0.3 is 0 Å². The van der Waals surface area contributed by atoms with Crippen molar-refractivity contribution in [1.29, 1.82) is 5.26 Å². The first-order valence-corrected chi connectivity index (χ1v) is 8.53. The van der Waals surface area contributed by atoms with Crippen molar-refractivity contribution in [1.82, 2.24) is 15.1 Å². The highest BCUT2D eigenvalue weighted by Crippen LogP contribution is 2.24. The smallest absolute Gasteiger partial charge is 0.183 e. The van der Waals surface area contributed by atoms with Gasteiger partial charge in [-0.05, 0) is 32.2 Å². The number of nitrogens with one attached hydrogen (secondary N) is 1. The number of thioether (sulfide) groups is 1. The fourth-order valence-electron chi connectivity index (χ4n) is 1.98. The third-order valence-corrected chi connectivity index (χ3v) is 3.84. The number of aromatic nitrogens is 2. The quantitative estimate of drug-likeness (QED) is 0.388. The maximum absolute atomic E-state index is 14.2. The van der Waals surface area contributed by atoms with Crippen LogP contribution in [0.1, 0.15) is 18.2 Å². The molecular formula is C16H18FN5OS. The van der Waals surface area contributed by atoms with Crippen LogP contribution in [0.5, 0.6) is 5.75 Å². The van der Waals surface area contributed by atoms with E-state index in [-0.39, 0.29) is 12.4 Å². The molecule has 2 rings (SSSR count). The second kappa shape index (κ2) is 8.36. The van der Waals surface area contributed by atoms with Crippen LogP contribution in [0.3, 0.4) is 0 Å². The first kappa shape index (κ1) is 17.8. The Morgan fingerprint density at radius 1 is 1.54 bits per heavy atom. The molecule has 0 amide bonds. The lowest BCUT2D eigenvalue weighted by Gasteiger charge is -2.07. The van der Waals surface area contributed by atoms with E-state index in [1.165, 1.54) is 23.9 Å². The Labute approximate surface area is 144 Å². The van der Waals surface area contributed by atoms with Crippen LogP contribution in [0.15, 0.2) is 29.4 Å². The van der Waals surface area contributed by atoms with Gasteiger partial charge in [-0.25, -0.2) is 9.38 Å². The Morgan fingerprint density at radius 3 is 2.92 bits per heavy atom. The fourth-order valence-corrected chi connectivity index (χ4v) is 2.33. The summed E-state index contributed by atoms with van der Waals surface area (Å²) in [5.74, 6) is -0.356. The molecule has 126 valence electrons. The Bertz CT molecular complexity index is 781. The van der Waals surface area contributed by atoms with Gasteiger partial charge in [-0.3, -0.25) is 10.00 Å². The molecule has 0 atom stereocenters. The number of hydrogen-bond donors (Lipinski definition) is 1. The van der Waals surface area contributed by atoms with Crippen LogP contribution in [0.4, 0.5) is 10.1 Å². The number of aryl methyl sites for hydroxylation is 2. The van der Waals surface area contributed by atoms with Crippen molar-refractivity contribution in [2.45, 2.75) is 27.0 Å². The predicted octanol–water partition coefficient (Wildman–Crippen LogP) is 3.35. The van der Waals surface area contributed by atoms with Crippen molar-refractivity contribution in [2.75, 3.05) is 6.26 Å². The van der Waals surface area contributed by atoms with E-state index in [4.69, 9.17) is 10.00 Å². The van der Waals surface area contributed by atoms with Crippen molar-refractivity contribution in [3.8, 4) is 11.9 Å². The Morgan fingerprint density at radius 2 is 2.33 bits per heavy atom. The van der Waals surface area contributed by atoms with Crippen LogP contribution >= 0.6 is 11.8 Å². The summed E-state index contributed by atoms with van der Waals surface area (Å²) >= 11 is 1.27. The fraction of sp³-hybridized carbons (Fsp3) is 0.312. The molecule has 6 nitrogen and oxygen atoms in total. The third-order valence-electron chi connectivity index (χ3n) is 3.26. The summed E-state index contributed by atoms with van der Waals surface area (Å²) in [5, 5.41) is 15.8. The first-order valence-electron chi connectivity index (χ1n) is 7.30. The number of nitrogens with zero attached hydrogens (tertiary/aromatic N) is 4. The molecule has 2 aromatic rings. The molecule has 1 heterocycles. The highest BCUT2D eigenvalue weighted by Gasteiger charge is 2.09. The molecule has 1 N–H and O–H groups in total. The van der Waals surface area contributed by atoms with Gasteiger partial charge in [0.05, 0.1) is 11.4 Å². The minimum atomic E-state index is -0.505. The van der Waals surface area contributed by atoms with E-state index < -0.39 is 5.82 Å². The lowest BCUT2D eigenvalue weighted by Crippen LogP contribution is -2.12. The predicted molar refractivity (Wildman–Crippen MR) is 92.7 cm³/mol. The van der Waals surface area contributed by atoms with Gasteiger partial charge in [0.2, 0.25) is 0 Å². The van der Waals surface area contributed by atoms with Crippen molar-refractivity contribution in [3.05, 3.63) is 41.5 Å². The molecular weight excluding hydrogens is 329 g/mol. The van der Waals surface area contributed by atoms with Gasteiger partial charge in [0, 0.05) is 24.4 Å². The average Bonchev–Trinajstić information content (AvgIpc) is 2.94. The molecule has 0 unspecified atom stereocenters. The van der Waals surface area contributed by atoms with E-state index in [1.807, 2.05) is 24.7 Å². The van der Waals surface area contributed by atoms with Gasteiger partial charge in [-0.15, -0.1) is 0 Å². The number of nitriles is 1. The summed E-state index contributed by atoms with van der Waals surface area (Å²) in [6, 6.07) is 4.43. The van der Waals surface area contributed by atoms with Gasteiger partial charge < -0.3 is 4.74 Å². The number of benzene rings is 1. The third kappa shape index (κ3) is 4.49. The molecule has 1 aromatic heterocycles. The number of hydrogen-bond acceptors (Lipinski definition) is 5. The number of amidine groups is 1. The number of aliphatic imine (C=N–C) groups is 1. The normalized spacial score (nSPS) is 11.2. The minimum Gasteiger partial charge on any atom is -0.486 e. The molecule has 8 heteroatoms. The summed E-state index contributed by atoms with van der Waals surface area (Å²) in [4.78, 5) is 4.15. The molecule has 0 saturated heterocycles. The van der Waals surface area contributed by atoms with E-state index in [0.717, 1.165) is 17.8 Å². The van der Waals surface area contributed by atoms with E-state index in [1.54, 1.807) is 18.5 Å². The summed E-state index contributed by atoms with van der Waals surface area (Å²) in [6.45, 7) is 4.92. The zero-order valence-electron chi connectivity index (χ0n) is 13.7. The number of rotatable bonds is 5.